The number of nitro groups is 1. The normalized spacial score (nSPS) is 19.1. The molecule has 1 aromatic rings. The van der Waals surface area contributed by atoms with Crippen LogP contribution in [0.2, 0.25) is 0 Å². The van der Waals surface area contributed by atoms with Gasteiger partial charge in [0.25, 0.3) is 11.6 Å². The van der Waals surface area contributed by atoms with Crippen LogP contribution in [0.15, 0.2) is 34.4 Å². The maximum Gasteiger partial charge on any atom is 0.269 e. The van der Waals surface area contributed by atoms with Gasteiger partial charge in [-0.1, -0.05) is 11.8 Å². The van der Waals surface area contributed by atoms with Gasteiger partial charge in [0.05, 0.1) is 10.2 Å². The van der Waals surface area contributed by atoms with Gasteiger partial charge in [-0.3, -0.25) is 14.9 Å². The molecular weight excluding hydrogens is 268 g/mol. The van der Waals surface area contributed by atoms with E-state index < -0.39 is 4.92 Å². The summed E-state index contributed by atoms with van der Waals surface area (Å²) in [5.41, 5.74) is 3.12. The van der Waals surface area contributed by atoms with E-state index in [4.69, 9.17) is 0 Å². The molecule has 19 heavy (non-hydrogen) atoms. The molecule has 0 spiro atoms. The highest BCUT2D eigenvalue weighted by Crippen LogP contribution is 2.17. The number of amides is 1. The molecular formula is C11H10N4O3S. The lowest BCUT2D eigenvalue weighted by Gasteiger charge is -2.13. The Morgan fingerprint density at radius 3 is 2.74 bits per heavy atom. The van der Waals surface area contributed by atoms with Crippen LogP contribution in [0, 0.1) is 10.1 Å². The highest BCUT2D eigenvalue weighted by molar-refractivity contribution is 8.15. The SMILES string of the molecule is CC1SC(N=Cc2ccc([N+](=O)[O-])cc2)=NNC1=O. The van der Waals surface area contributed by atoms with E-state index in [9.17, 15) is 14.9 Å². The third kappa shape index (κ3) is 3.38. The van der Waals surface area contributed by atoms with E-state index in [0.29, 0.717) is 5.17 Å². The summed E-state index contributed by atoms with van der Waals surface area (Å²) in [6.07, 6.45) is 1.54. The van der Waals surface area contributed by atoms with E-state index in [1.54, 1.807) is 25.3 Å². The molecule has 0 fully saturated rings. The highest BCUT2D eigenvalue weighted by Gasteiger charge is 2.20. The molecule has 1 aliphatic rings. The van der Waals surface area contributed by atoms with Gasteiger partial charge in [-0.2, -0.15) is 0 Å². The van der Waals surface area contributed by atoms with Crippen molar-refractivity contribution in [3.8, 4) is 0 Å². The summed E-state index contributed by atoms with van der Waals surface area (Å²) in [5.74, 6) is -0.153. The van der Waals surface area contributed by atoms with Gasteiger partial charge in [0.1, 0.15) is 0 Å². The van der Waals surface area contributed by atoms with Crippen molar-refractivity contribution in [2.75, 3.05) is 0 Å². The second-order valence-corrected chi connectivity index (χ2v) is 5.05. The van der Waals surface area contributed by atoms with Gasteiger partial charge in [0.15, 0.2) is 0 Å². The molecule has 0 aromatic heterocycles. The monoisotopic (exact) mass is 278 g/mol. The summed E-state index contributed by atoms with van der Waals surface area (Å²) in [6, 6.07) is 6.00. The van der Waals surface area contributed by atoms with Crippen molar-refractivity contribution in [3.63, 3.8) is 0 Å². The van der Waals surface area contributed by atoms with E-state index in [0.717, 1.165) is 5.56 Å². The fourth-order valence-corrected chi connectivity index (χ4v) is 1.99. The van der Waals surface area contributed by atoms with Crippen LogP contribution >= 0.6 is 11.8 Å². The summed E-state index contributed by atoms with van der Waals surface area (Å²) < 4.78 is 0. The molecule has 0 aliphatic carbocycles. The van der Waals surface area contributed by atoms with Crippen LogP contribution in [0.4, 0.5) is 5.69 Å². The largest absolute Gasteiger partial charge is 0.272 e. The Bertz CT molecular complexity index is 568. The van der Waals surface area contributed by atoms with Crippen molar-refractivity contribution in [2.24, 2.45) is 10.1 Å². The Kier molecular flexibility index (Phi) is 3.91. The fourth-order valence-electron chi connectivity index (χ4n) is 1.30. The maximum atomic E-state index is 11.2. The number of aliphatic imine (C=N–C) groups is 1. The van der Waals surface area contributed by atoms with Crippen LogP contribution < -0.4 is 5.43 Å². The molecule has 1 atom stereocenters. The Morgan fingerprint density at radius 2 is 2.16 bits per heavy atom. The predicted molar refractivity (Wildman–Crippen MR) is 73.3 cm³/mol. The fraction of sp³-hybridized carbons (Fsp3) is 0.182. The average molecular weight is 278 g/mol. The lowest BCUT2D eigenvalue weighted by molar-refractivity contribution is -0.384. The van der Waals surface area contributed by atoms with E-state index in [2.05, 4.69) is 15.5 Å². The number of nitrogens with zero attached hydrogens (tertiary/aromatic N) is 3. The number of hydrogen-bond donors (Lipinski definition) is 1. The summed E-state index contributed by atoms with van der Waals surface area (Å²) in [7, 11) is 0. The Hall–Kier alpha value is -2.22. The lowest BCUT2D eigenvalue weighted by Crippen LogP contribution is -2.32. The highest BCUT2D eigenvalue weighted by atomic mass is 32.2. The van der Waals surface area contributed by atoms with E-state index >= 15 is 0 Å². The van der Waals surface area contributed by atoms with Gasteiger partial charge in [0.2, 0.25) is 5.17 Å². The summed E-state index contributed by atoms with van der Waals surface area (Å²) in [4.78, 5) is 25.3. The summed E-state index contributed by atoms with van der Waals surface area (Å²) in [5, 5.41) is 14.5. The minimum absolute atomic E-state index is 0.0300. The molecule has 0 radical (unpaired) electrons. The molecule has 0 saturated carbocycles. The average Bonchev–Trinajstić information content (AvgIpc) is 2.40. The second-order valence-electron chi connectivity index (χ2n) is 3.74. The number of non-ortho nitro benzene ring substituents is 1. The number of amidine groups is 1. The number of nitro benzene ring substituents is 1. The lowest BCUT2D eigenvalue weighted by atomic mass is 10.2. The molecule has 1 aliphatic heterocycles. The van der Waals surface area contributed by atoms with Crippen molar-refractivity contribution in [2.45, 2.75) is 12.2 Å². The zero-order valence-electron chi connectivity index (χ0n) is 9.94. The van der Waals surface area contributed by atoms with Crippen molar-refractivity contribution in [1.29, 1.82) is 0 Å². The number of thioether (sulfide) groups is 1. The Morgan fingerprint density at radius 1 is 1.47 bits per heavy atom. The van der Waals surface area contributed by atoms with Crippen molar-refractivity contribution >= 4 is 34.7 Å². The van der Waals surface area contributed by atoms with Crippen LogP contribution in [0.5, 0.6) is 0 Å². The molecule has 1 amide bonds. The molecule has 1 unspecified atom stereocenters. The minimum Gasteiger partial charge on any atom is -0.272 e. The van der Waals surface area contributed by atoms with Crippen molar-refractivity contribution in [3.05, 3.63) is 39.9 Å². The van der Waals surface area contributed by atoms with E-state index in [1.807, 2.05) is 0 Å². The molecule has 8 heteroatoms. The molecule has 1 aromatic carbocycles. The number of hydrazone groups is 1. The molecule has 1 N–H and O–H groups in total. The topological polar surface area (TPSA) is 97.0 Å². The summed E-state index contributed by atoms with van der Waals surface area (Å²) >= 11 is 1.25. The first-order chi connectivity index (χ1) is 9.06. The van der Waals surface area contributed by atoms with Crippen LogP contribution in [-0.4, -0.2) is 27.5 Å². The summed E-state index contributed by atoms with van der Waals surface area (Å²) in [6.45, 7) is 1.76. The van der Waals surface area contributed by atoms with Crippen LogP contribution in [0.3, 0.4) is 0 Å². The first kappa shape index (κ1) is 13.2. The van der Waals surface area contributed by atoms with Crippen LogP contribution in [-0.2, 0) is 4.79 Å². The van der Waals surface area contributed by atoms with Gasteiger partial charge >= 0.3 is 0 Å². The molecule has 7 nitrogen and oxygen atoms in total. The predicted octanol–water partition coefficient (Wildman–Crippen LogP) is 1.54. The van der Waals surface area contributed by atoms with Crippen LogP contribution in [0.1, 0.15) is 12.5 Å². The zero-order chi connectivity index (χ0) is 13.8. The van der Waals surface area contributed by atoms with Gasteiger partial charge in [-0.15, -0.1) is 5.10 Å². The van der Waals surface area contributed by atoms with Crippen molar-refractivity contribution < 1.29 is 9.72 Å². The first-order valence-corrected chi connectivity index (χ1v) is 6.27. The van der Waals surface area contributed by atoms with Crippen LogP contribution in [0.25, 0.3) is 0 Å². The molecule has 98 valence electrons. The molecule has 1 heterocycles. The number of rotatable bonds is 2. The number of carbonyl (C=O) groups is 1. The van der Waals surface area contributed by atoms with E-state index in [-0.39, 0.29) is 16.8 Å². The van der Waals surface area contributed by atoms with Gasteiger partial charge in [0, 0.05) is 18.3 Å². The van der Waals surface area contributed by atoms with Gasteiger partial charge < -0.3 is 0 Å². The van der Waals surface area contributed by atoms with Crippen molar-refractivity contribution in [1.82, 2.24) is 5.43 Å². The minimum atomic E-state index is -0.459. The third-order valence-electron chi connectivity index (χ3n) is 2.34. The van der Waals surface area contributed by atoms with Gasteiger partial charge in [-0.05, 0) is 24.6 Å². The number of nitrogens with one attached hydrogen (secondary N) is 1. The number of hydrogen-bond acceptors (Lipinski definition) is 6. The Labute approximate surface area is 112 Å². The molecule has 0 saturated heterocycles. The number of carbonyl (C=O) groups excluding carboxylic acids is 1. The van der Waals surface area contributed by atoms with E-state index in [1.165, 1.54) is 23.9 Å². The molecule has 2 rings (SSSR count). The number of benzene rings is 1. The van der Waals surface area contributed by atoms with Gasteiger partial charge in [-0.25, -0.2) is 10.4 Å². The quantitative estimate of drug-likeness (QED) is 0.504. The standard InChI is InChI=1S/C11H10N4O3S/c1-7-10(16)13-14-11(19-7)12-6-8-2-4-9(5-3-8)15(17)18/h2-7H,1H3,(H,13,16). The zero-order valence-corrected chi connectivity index (χ0v) is 10.8. The maximum absolute atomic E-state index is 11.2. The molecule has 0 bridgehead atoms. The first-order valence-electron chi connectivity index (χ1n) is 5.39. The third-order valence-corrected chi connectivity index (χ3v) is 3.32. The second kappa shape index (κ2) is 5.61. The Balaban J connectivity index is 2.06. The smallest absolute Gasteiger partial charge is 0.269 e.